The lowest BCUT2D eigenvalue weighted by Gasteiger charge is -2.18. The average Bonchev–Trinajstić information content (AvgIpc) is 1.85. The van der Waals surface area contributed by atoms with Crippen molar-refractivity contribution in [3.8, 4) is 0 Å². The van der Waals surface area contributed by atoms with Gasteiger partial charge in [0.2, 0.25) is 0 Å². The molecule has 0 radical (unpaired) electrons. The van der Waals surface area contributed by atoms with Gasteiger partial charge in [-0.05, 0) is 25.7 Å². The summed E-state index contributed by atoms with van der Waals surface area (Å²) in [4.78, 5) is 21.7. The maximum Gasteiger partial charge on any atom is 0.133 e. The van der Waals surface area contributed by atoms with E-state index >= 15 is 0 Å². The zero-order valence-electron chi connectivity index (χ0n) is 6.93. The molecule has 0 aromatic heterocycles. The first kappa shape index (κ1) is 8.44. The van der Waals surface area contributed by atoms with Crippen LogP contribution in [-0.2, 0) is 9.59 Å². The van der Waals surface area contributed by atoms with Crippen LogP contribution in [-0.4, -0.2) is 11.6 Å². The van der Waals surface area contributed by atoms with E-state index in [0.717, 1.165) is 19.3 Å². The van der Waals surface area contributed by atoms with E-state index < -0.39 is 0 Å². The Morgan fingerprint density at radius 3 is 2.91 bits per heavy atom. The minimum absolute atomic E-state index is 0.213. The van der Waals surface area contributed by atoms with Crippen LogP contribution in [0.4, 0.5) is 0 Å². The van der Waals surface area contributed by atoms with Gasteiger partial charge in [-0.2, -0.15) is 0 Å². The lowest BCUT2D eigenvalue weighted by atomic mass is 9.85. The van der Waals surface area contributed by atoms with Crippen molar-refractivity contribution in [1.82, 2.24) is 0 Å². The molecule has 2 heteroatoms. The molecule has 1 aliphatic carbocycles. The number of Topliss-reactive ketones (excluding diaryl/α,β-unsaturated/α-hetero) is 2. The molecule has 0 unspecified atom stereocenters. The van der Waals surface area contributed by atoms with Gasteiger partial charge in [0.05, 0.1) is 0 Å². The van der Waals surface area contributed by atoms with E-state index in [0.29, 0.717) is 24.5 Å². The van der Waals surface area contributed by atoms with Gasteiger partial charge >= 0.3 is 0 Å². The van der Waals surface area contributed by atoms with E-state index in [1.807, 2.05) is 0 Å². The third-order valence-corrected chi connectivity index (χ3v) is 2.16. The standard InChI is InChI=1S/C9H14O2/c1-7(10)5-8-3-2-4-9(11)6-8/h8H,2-6H2,1H3/t8-/m0/s1. The van der Waals surface area contributed by atoms with Crippen LogP contribution in [0.3, 0.4) is 0 Å². The summed E-state index contributed by atoms with van der Waals surface area (Å²) in [7, 11) is 0. The van der Waals surface area contributed by atoms with Crippen molar-refractivity contribution in [2.75, 3.05) is 0 Å². The molecule has 0 aromatic carbocycles. The van der Waals surface area contributed by atoms with Crippen LogP contribution < -0.4 is 0 Å². The molecule has 62 valence electrons. The third kappa shape index (κ3) is 2.83. The van der Waals surface area contributed by atoms with Crippen molar-refractivity contribution < 1.29 is 9.59 Å². The number of hydrogen-bond donors (Lipinski definition) is 0. The van der Waals surface area contributed by atoms with Crippen molar-refractivity contribution in [2.45, 2.75) is 39.0 Å². The molecule has 0 heterocycles. The molecule has 1 saturated carbocycles. The van der Waals surface area contributed by atoms with Gasteiger partial charge in [-0.25, -0.2) is 0 Å². The normalized spacial score (nSPS) is 25.2. The minimum atomic E-state index is 0.213. The highest BCUT2D eigenvalue weighted by molar-refractivity contribution is 5.81. The smallest absolute Gasteiger partial charge is 0.133 e. The highest BCUT2D eigenvalue weighted by Gasteiger charge is 2.20. The van der Waals surface area contributed by atoms with Gasteiger partial charge in [0, 0.05) is 19.3 Å². The van der Waals surface area contributed by atoms with Gasteiger partial charge in [-0.1, -0.05) is 0 Å². The van der Waals surface area contributed by atoms with Crippen molar-refractivity contribution in [3.63, 3.8) is 0 Å². The first-order valence-corrected chi connectivity index (χ1v) is 4.19. The minimum Gasteiger partial charge on any atom is -0.300 e. The summed E-state index contributed by atoms with van der Waals surface area (Å²) in [5.41, 5.74) is 0. The molecular formula is C9H14O2. The zero-order chi connectivity index (χ0) is 8.27. The molecule has 2 nitrogen and oxygen atoms in total. The Labute approximate surface area is 67.0 Å². The topological polar surface area (TPSA) is 34.1 Å². The summed E-state index contributed by atoms with van der Waals surface area (Å²) in [5, 5.41) is 0. The van der Waals surface area contributed by atoms with Crippen LogP contribution in [0.1, 0.15) is 39.0 Å². The predicted octanol–water partition coefficient (Wildman–Crippen LogP) is 1.72. The van der Waals surface area contributed by atoms with Crippen molar-refractivity contribution in [1.29, 1.82) is 0 Å². The van der Waals surface area contributed by atoms with Crippen molar-refractivity contribution in [2.24, 2.45) is 5.92 Å². The largest absolute Gasteiger partial charge is 0.300 e. The Morgan fingerprint density at radius 2 is 2.36 bits per heavy atom. The van der Waals surface area contributed by atoms with E-state index in [1.165, 1.54) is 0 Å². The van der Waals surface area contributed by atoms with Gasteiger partial charge in [-0.3, -0.25) is 4.79 Å². The molecule has 1 atom stereocenters. The lowest BCUT2D eigenvalue weighted by molar-refractivity contribution is -0.122. The molecule has 1 aliphatic rings. The fraction of sp³-hybridized carbons (Fsp3) is 0.778. The van der Waals surface area contributed by atoms with Crippen LogP contribution in [0.5, 0.6) is 0 Å². The van der Waals surface area contributed by atoms with E-state index in [9.17, 15) is 9.59 Å². The van der Waals surface area contributed by atoms with Gasteiger partial charge in [0.1, 0.15) is 11.6 Å². The maximum absolute atomic E-state index is 10.9. The Hall–Kier alpha value is -0.660. The van der Waals surface area contributed by atoms with E-state index in [2.05, 4.69) is 0 Å². The monoisotopic (exact) mass is 154 g/mol. The van der Waals surface area contributed by atoms with Gasteiger partial charge in [0.15, 0.2) is 0 Å². The summed E-state index contributed by atoms with van der Waals surface area (Å²) < 4.78 is 0. The first-order chi connectivity index (χ1) is 5.18. The molecule has 0 aromatic rings. The Morgan fingerprint density at radius 1 is 1.64 bits per heavy atom. The summed E-state index contributed by atoms with van der Waals surface area (Å²) in [6.07, 6.45) is 4.02. The summed E-state index contributed by atoms with van der Waals surface area (Å²) in [5.74, 6) is 0.904. The van der Waals surface area contributed by atoms with Crippen molar-refractivity contribution in [3.05, 3.63) is 0 Å². The molecule has 11 heavy (non-hydrogen) atoms. The number of hydrogen-bond acceptors (Lipinski definition) is 2. The number of rotatable bonds is 2. The maximum atomic E-state index is 10.9. The number of ketones is 2. The Kier molecular flexibility index (Phi) is 2.80. The van der Waals surface area contributed by atoms with Crippen LogP contribution >= 0.6 is 0 Å². The fourth-order valence-electron chi connectivity index (χ4n) is 1.69. The molecule has 0 bridgehead atoms. The highest BCUT2D eigenvalue weighted by Crippen LogP contribution is 2.23. The average molecular weight is 154 g/mol. The summed E-state index contributed by atoms with van der Waals surface area (Å²) in [6.45, 7) is 1.60. The van der Waals surface area contributed by atoms with Gasteiger partial charge < -0.3 is 4.79 Å². The number of carbonyl (C=O) groups is 2. The molecule has 0 aliphatic heterocycles. The SMILES string of the molecule is CC(=O)C[C@@H]1CCCC(=O)C1. The number of carbonyl (C=O) groups excluding carboxylic acids is 2. The third-order valence-electron chi connectivity index (χ3n) is 2.16. The molecule has 0 N–H and O–H groups in total. The molecule has 0 amide bonds. The highest BCUT2D eigenvalue weighted by atomic mass is 16.1. The van der Waals surface area contributed by atoms with Crippen LogP contribution in [0.25, 0.3) is 0 Å². The Bertz CT molecular complexity index is 170. The molecule has 1 rings (SSSR count). The van der Waals surface area contributed by atoms with E-state index in [4.69, 9.17) is 0 Å². The van der Waals surface area contributed by atoms with Crippen molar-refractivity contribution >= 4 is 11.6 Å². The predicted molar refractivity (Wildman–Crippen MR) is 42.3 cm³/mol. The molecule has 1 fully saturated rings. The molecular weight excluding hydrogens is 140 g/mol. The van der Waals surface area contributed by atoms with E-state index in [-0.39, 0.29) is 5.78 Å². The van der Waals surface area contributed by atoms with E-state index in [1.54, 1.807) is 6.92 Å². The molecule has 0 saturated heterocycles. The van der Waals surface area contributed by atoms with Crippen LogP contribution in [0.2, 0.25) is 0 Å². The lowest BCUT2D eigenvalue weighted by Crippen LogP contribution is -2.16. The van der Waals surface area contributed by atoms with Gasteiger partial charge in [0.25, 0.3) is 0 Å². The quantitative estimate of drug-likeness (QED) is 0.607. The Balaban J connectivity index is 2.34. The summed E-state index contributed by atoms with van der Waals surface area (Å²) in [6, 6.07) is 0. The molecule has 0 spiro atoms. The second-order valence-electron chi connectivity index (χ2n) is 3.41. The van der Waals surface area contributed by atoms with Crippen LogP contribution in [0.15, 0.2) is 0 Å². The zero-order valence-corrected chi connectivity index (χ0v) is 6.93. The fourth-order valence-corrected chi connectivity index (χ4v) is 1.69. The summed E-state index contributed by atoms with van der Waals surface area (Å²) >= 11 is 0. The van der Waals surface area contributed by atoms with Crippen LogP contribution in [0, 0.1) is 5.92 Å². The second-order valence-corrected chi connectivity index (χ2v) is 3.41. The van der Waals surface area contributed by atoms with Gasteiger partial charge in [-0.15, -0.1) is 0 Å². The second kappa shape index (κ2) is 3.65. The first-order valence-electron chi connectivity index (χ1n) is 4.19.